The lowest BCUT2D eigenvalue weighted by Crippen LogP contribution is -2.63. The van der Waals surface area contributed by atoms with Crippen molar-refractivity contribution < 1.29 is 14.0 Å². The Kier molecular flexibility index (Phi) is 4.71. The van der Waals surface area contributed by atoms with Crippen LogP contribution in [0.15, 0.2) is 18.2 Å². The highest BCUT2D eigenvalue weighted by Gasteiger charge is 2.40. The molecule has 1 saturated heterocycles. The smallest absolute Gasteiger partial charge is 0.230 e. The van der Waals surface area contributed by atoms with Crippen LogP contribution in [-0.2, 0) is 15.0 Å². The largest absolute Gasteiger partial charge is 0.350 e. The number of benzene rings is 1. The average Bonchev–Trinajstić information content (AvgIpc) is 2.43. The van der Waals surface area contributed by atoms with E-state index in [1.54, 1.807) is 26.0 Å². The third-order valence-electron chi connectivity index (χ3n) is 4.49. The van der Waals surface area contributed by atoms with E-state index in [1.165, 1.54) is 6.07 Å². The van der Waals surface area contributed by atoms with E-state index in [1.807, 2.05) is 13.8 Å². The van der Waals surface area contributed by atoms with E-state index in [0.717, 1.165) is 0 Å². The minimum atomic E-state index is -1.08. The molecular formula is C17H22ClFN2O2. The third kappa shape index (κ3) is 3.50. The molecule has 1 aliphatic heterocycles. The van der Waals surface area contributed by atoms with Gasteiger partial charge in [0.15, 0.2) is 0 Å². The summed E-state index contributed by atoms with van der Waals surface area (Å²) in [6.45, 7) is 7.04. The monoisotopic (exact) mass is 340 g/mol. The van der Waals surface area contributed by atoms with Crippen LogP contribution in [0.1, 0.15) is 46.1 Å². The third-order valence-corrected chi connectivity index (χ3v) is 4.78. The van der Waals surface area contributed by atoms with Gasteiger partial charge in [-0.3, -0.25) is 9.59 Å². The summed E-state index contributed by atoms with van der Waals surface area (Å²) in [7, 11) is 0. The zero-order chi connectivity index (χ0) is 17.4. The summed E-state index contributed by atoms with van der Waals surface area (Å²) in [6.07, 6.45) is 0.916. The topological polar surface area (TPSA) is 58.2 Å². The normalized spacial score (nSPS) is 20.8. The molecule has 0 spiro atoms. The van der Waals surface area contributed by atoms with Gasteiger partial charge in [-0.05, 0) is 40.2 Å². The molecule has 1 unspecified atom stereocenters. The molecule has 0 saturated carbocycles. The van der Waals surface area contributed by atoms with Gasteiger partial charge in [-0.25, -0.2) is 4.39 Å². The van der Waals surface area contributed by atoms with E-state index < -0.39 is 16.8 Å². The van der Waals surface area contributed by atoms with E-state index in [4.69, 9.17) is 11.6 Å². The van der Waals surface area contributed by atoms with Crippen LogP contribution in [0.3, 0.4) is 0 Å². The fraction of sp³-hybridized carbons (Fsp3) is 0.529. The SMILES string of the molecule is CC(C)(C(=O)NC1CCC(=O)NC1(C)C)c1cccc(Cl)c1F. The van der Waals surface area contributed by atoms with Gasteiger partial charge in [0.2, 0.25) is 11.8 Å². The highest BCUT2D eigenvalue weighted by atomic mass is 35.5. The number of amides is 2. The molecule has 2 amide bonds. The highest BCUT2D eigenvalue weighted by Crippen LogP contribution is 2.30. The van der Waals surface area contributed by atoms with Gasteiger partial charge in [-0.1, -0.05) is 23.7 Å². The van der Waals surface area contributed by atoms with E-state index in [9.17, 15) is 14.0 Å². The van der Waals surface area contributed by atoms with Gasteiger partial charge >= 0.3 is 0 Å². The number of hydrogen-bond donors (Lipinski definition) is 2. The van der Waals surface area contributed by atoms with Crippen LogP contribution in [-0.4, -0.2) is 23.4 Å². The second-order valence-corrected chi connectivity index (χ2v) is 7.47. The standard InChI is InChI=1S/C17H22ClFN2O2/c1-16(2,10-6-5-7-11(18)14(10)19)15(23)20-12-8-9-13(22)21-17(12,3)4/h5-7,12H,8-9H2,1-4H3,(H,20,23)(H,21,22). The average molecular weight is 341 g/mol. The number of hydrogen-bond acceptors (Lipinski definition) is 2. The van der Waals surface area contributed by atoms with Crippen molar-refractivity contribution in [3.63, 3.8) is 0 Å². The number of carbonyl (C=O) groups excluding carboxylic acids is 2. The summed E-state index contributed by atoms with van der Waals surface area (Å²) in [6, 6.07) is 4.43. The number of carbonyl (C=O) groups is 2. The molecule has 0 aromatic heterocycles. The van der Waals surface area contributed by atoms with Gasteiger partial charge in [0.25, 0.3) is 0 Å². The molecule has 0 radical (unpaired) electrons. The second kappa shape index (κ2) is 6.11. The van der Waals surface area contributed by atoms with Crippen molar-refractivity contribution in [2.24, 2.45) is 0 Å². The Balaban J connectivity index is 2.22. The van der Waals surface area contributed by atoms with Gasteiger partial charge < -0.3 is 10.6 Å². The van der Waals surface area contributed by atoms with E-state index in [0.29, 0.717) is 12.8 Å². The molecule has 1 aromatic rings. The number of piperidine rings is 1. The molecule has 1 aromatic carbocycles. The Labute approximate surface area is 140 Å². The summed E-state index contributed by atoms with van der Waals surface area (Å²) in [5.41, 5.74) is -1.37. The van der Waals surface area contributed by atoms with Gasteiger partial charge in [-0.2, -0.15) is 0 Å². The predicted octanol–water partition coefficient (Wildman–Crippen LogP) is 2.93. The molecule has 1 fully saturated rings. The first kappa shape index (κ1) is 17.7. The minimum Gasteiger partial charge on any atom is -0.350 e. The van der Waals surface area contributed by atoms with Crippen LogP contribution >= 0.6 is 11.6 Å². The summed E-state index contributed by atoms with van der Waals surface area (Å²) in [5.74, 6) is -0.904. The lowest BCUT2D eigenvalue weighted by Gasteiger charge is -2.41. The summed E-state index contributed by atoms with van der Waals surface area (Å²) in [5, 5.41) is 5.82. The number of halogens is 2. The first-order chi connectivity index (χ1) is 10.6. The van der Waals surface area contributed by atoms with Crippen LogP contribution in [0.4, 0.5) is 4.39 Å². The molecule has 0 bridgehead atoms. The zero-order valence-electron chi connectivity index (χ0n) is 13.8. The summed E-state index contributed by atoms with van der Waals surface area (Å²) < 4.78 is 14.3. The molecule has 4 nitrogen and oxygen atoms in total. The quantitative estimate of drug-likeness (QED) is 0.888. The first-order valence-corrected chi connectivity index (χ1v) is 8.00. The van der Waals surface area contributed by atoms with Crippen molar-refractivity contribution in [3.8, 4) is 0 Å². The van der Waals surface area contributed by atoms with E-state index in [2.05, 4.69) is 10.6 Å². The molecule has 23 heavy (non-hydrogen) atoms. The fourth-order valence-electron chi connectivity index (χ4n) is 2.85. The fourth-order valence-corrected chi connectivity index (χ4v) is 3.02. The number of nitrogens with one attached hydrogen (secondary N) is 2. The van der Waals surface area contributed by atoms with Crippen molar-refractivity contribution in [1.82, 2.24) is 10.6 Å². The Morgan fingerprint density at radius 3 is 2.70 bits per heavy atom. The van der Waals surface area contributed by atoms with Crippen LogP contribution in [0.2, 0.25) is 5.02 Å². The molecule has 126 valence electrons. The maximum absolute atomic E-state index is 14.3. The summed E-state index contributed by atoms with van der Waals surface area (Å²) >= 11 is 5.82. The second-order valence-electron chi connectivity index (χ2n) is 7.06. The van der Waals surface area contributed by atoms with E-state index in [-0.39, 0.29) is 28.4 Å². The Hall–Kier alpha value is -1.62. The molecular weight excluding hydrogens is 319 g/mol. The number of rotatable bonds is 3. The Morgan fingerprint density at radius 2 is 2.09 bits per heavy atom. The maximum atomic E-state index is 14.3. The van der Waals surface area contributed by atoms with Crippen molar-refractivity contribution in [1.29, 1.82) is 0 Å². The van der Waals surface area contributed by atoms with Crippen molar-refractivity contribution in [2.45, 2.75) is 57.5 Å². The molecule has 0 aliphatic carbocycles. The van der Waals surface area contributed by atoms with Crippen LogP contribution in [0.25, 0.3) is 0 Å². The highest BCUT2D eigenvalue weighted by molar-refractivity contribution is 6.30. The summed E-state index contributed by atoms with van der Waals surface area (Å²) in [4.78, 5) is 24.3. The van der Waals surface area contributed by atoms with Crippen molar-refractivity contribution >= 4 is 23.4 Å². The van der Waals surface area contributed by atoms with Gasteiger partial charge in [0.1, 0.15) is 5.82 Å². The molecule has 1 aliphatic rings. The molecule has 1 heterocycles. The first-order valence-electron chi connectivity index (χ1n) is 7.62. The van der Waals surface area contributed by atoms with Crippen molar-refractivity contribution in [3.05, 3.63) is 34.6 Å². The van der Waals surface area contributed by atoms with E-state index >= 15 is 0 Å². The molecule has 2 rings (SSSR count). The van der Waals surface area contributed by atoms with Gasteiger partial charge in [-0.15, -0.1) is 0 Å². The lowest BCUT2D eigenvalue weighted by atomic mass is 9.81. The molecule has 6 heteroatoms. The Bertz CT molecular complexity index is 643. The van der Waals surface area contributed by atoms with Crippen LogP contribution in [0.5, 0.6) is 0 Å². The van der Waals surface area contributed by atoms with Gasteiger partial charge in [0, 0.05) is 12.0 Å². The molecule has 1 atom stereocenters. The van der Waals surface area contributed by atoms with Crippen molar-refractivity contribution in [2.75, 3.05) is 0 Å². The van der Waals surface area contributed by atoms with Crippen LogP contribution in [0, 0.1) is 5.82 Å². The Morgan fingerprint density at radius 1 is 1.43 bits per heavy atom. The molecule has 2 N–H and O–H groups in total. The van der Waals surface area contributed by atoms with Crippen LogP contribution < -0.4 is 10.6 Å². The maximum Gasteiger partial charge on any atom is 0.230 e. The van der Waals surface area contributed by atoms with Gasteiger partial charge in [0.05, 0.1) is 22.0 Å². The predicted molar refractivity (Wildman–Crippen MR) is 87.8 cm³/mol. The minimum absolute atomic E-state index is 0.00589. The lowest BCUT2D eigenvalue weighted by molar-refractivity contribution is -0.131. The zero-order valence-corrected chi connectivity index (χ0v) is 14.6.